The van der Waals surface area contributed by atoms with E-state index in [0.29, 0.717) is 17.6 Å². The van der Waals surface area contributed by atoms with Crippen LogP contribution in [-0.4, -0.2) is 54.7 Å². The van der Waals surface area contributed by atoms with Gasteiger partial charge in [0.1, 0.15) is 5.82 Å². The third-order valence-corrected chi connectivity index (χ3v) is 4.43. The maximum Gasteiger partial charge on any atom is 0.191 e. The second-order valence-corrected chi connectivity index (χ2v) is 6.09. The average Bonchev–Trinajstić information content (AvgIpc) is 3.05. The summed E-state index contributed by atoms with van der Waals surface area (Å²) in [7, 11) is 0. The van der Waals surface area contributed by atoms with Crippen molar-refractivity contribution >= 4 is 29.9 Å². The van der Waals surface area contributed by atoms with Crippen LogP contribution in [0.25, 0.3) is 0 Å². The second-order valence-electron chi connectivity index (χ2n) is 6.09. The Morgan fingerprint density at radius 2 is 2.04 bits per heavy atom. The van der Waals surface area contributed by atoms with E-state index >= 15 is 0 Å². The molecule has 1 aliphatic heterocycles. The normalized spacial score (nSPS) is 19.4. The molecule has 2 unspecified atom stereocenters. The van der Waals surface area contributed by atoms with Gasteiger partial charge in [-0.1, -0.05) is 19.1 Å². The minimum absolute atomic E-state index is 0. The predicted molar refractivity (Wildman–Crippen MR) is 111 cm³/mol. The summed E-state index contributed by atoms with van der Waals surface area (Å²) in [6.45, 7) is 8.30. The highest BCUT2D eigenvalue weighted by Gasteiger charge is 2.22. The summed E-state index contributed by atoms with van der Waals surface area (Å²) in [5.74, 6) is 0.406. The summed E-state index contributed by atoms with van der Waals surface area (Å²) in [6.07, 6.45) is 1.72. The van der Waals surface area contributed by atoms with Crippen LogP contribution in [0.3, 0.4) is 0 Å². The topological polar surface area (TPSA) is 59.9 Å². The van der Waals surface area contributed by atoms with Gasteiger partial charge in [-0.05, 0) is 50.6 Å². The van der Waals surface area contributed by atoms with Gasteiger partial charge in [0.15, 0.2) is 5.96 Å². The summed E-state index contributed by atoms with van der Waals surface area (Å²) in [4.78, 5) is 6.93. The molecule has 1 aromatic rings. The Kier molecular flexibility index (Phi) is 10.3. The van der Waals surface area contributed by atoms with Crippen LogP contribution < -0.4 is 10.6 Å². The second kappa shape index (κ2) is 11.6. The van der Waals surface area contributed by atoms with Crippen molar-refractivity contribution < 1.29 is 9.50 Å². The lowest BCUT2D eigenvalue weighted by Gasteiger charge is -2.24. The Morgan fingerprint density at radius 3 is 2.68 bits per heavy atom. The van der Waals surface area contributed by atoms with Gasteiger partial charge in [0, 0.05) is 19.1 Å². The molecule has 7 heteroatoms. The lowest BCUT2D eigenvalue weighted by atomic mass is 10.1. The van der Waals surface area contributed by atoms with Gasteiger partial charge in [-0.3, -0.25) is 9.89 Å². The maximum atomic E-state index is 12.9. The predicted octanol–water partition coefficient (Wildman–Crippen LogP) is 2.52. The van der Waals surface area contributed by atoms with Crippen molar-refractivity contribution in [2.45, 2.75) is 38.8 Å². The van der Waals surface area contributed by atoms with E-state index in [4.69, 9.17) is 0 Å². The zero-order valence-corrected chi connectivity index (χ0v) is 17.4. The number of hydrogen-bond donors (Lipinski definition) is 3. The fourth-order valence-electron chi connectivity index (χ4n) is 3.07. The van der Waals surface area contributed by atoms with Crippen molar-refractivity contribution in [3.8, 4) is 0 Å². The summed E-state index contributed by atoms with van der Waals surface area (Å²) < 4.78 is 12.9. The molecule has 1 heterocycles. The molecule has 0 saturated carbocycles. The first-order chi connectivity index (χ1) is 11.6. The van der Waals surface area contributed by atoms with Crippen molar-refractivity contribution in [3.05, 3.63) is 35.6 Å². The standard InChI is InChI=1S/C18H29FN4O.HI/c1-3-20-18(21-12-16-6-5-11-23(16)4-2)22-13-17(24)14-7-9-15(19)10-8-14;/h7-10,16-17,24H,3-6,11-13H2,1-2H3,(H2,20,21,22);1H. The molecule has 1 fully saturated rings. The van der Waals surface area contributed by atoms with Gasteiger partial charge in [-0.15, -0.1) is 24.0 Å². The molecule has 0 spiro atoms. The Morgan fingerprint density at radius 1 is 1.32 bits per heavy atom. The van der Waals surface area contributed by atoms with E-state index in [2.05, 4.69) is 27.4 Å². The molecule has 0 aromatic heterocycles. The molecule has 1 aromatic carbocycles. The number of aliphatic hydroxyl groups is 1. The highest BCUT2D eigenvalue weighted by atomic mass is 127. The van der Waals surface area contributed by atoms with E-state index in [1.54, 1.807) is 12.1 Å². The molecule has 1 saturated heterocycles. The van der Waals surface area contributed by atoms with Gasteiger partial charge in [-0.25, -0.2) is 4.39 Å². The van der Waals surface area contributed by atoms with E-state index in [1.807, 2.05) is 6.92 Å². The van der Waals surface area contributed by atoms with Gasteiger partial charge in [0.05, 0.1) is 12.6 Å². The lowest BCUT2D eigenvalue weighted by molar-refractivity contribution is 0.187. The van der Waals surface area contributed by atoms with Crippen LogP contribution in [0, 0.1) is 5.82 Å². The lowest BCUT2D eigenvalue weighted by Crippen LogP contribution is -2.45. The Bertz CT molecular complexity index is 526. The molecule has 142 valence electrons. The molecule has 3 N–H and O–H groups in total. The third-order valence-electron chi connectivity index (χ3n) is 4.43. The van der Waals surface area contributed by atoms with E-state index < -0.39 is 6.10 Å². The van der Waals surface area contributed by atoms with Crippen LogP contribution >= 0.6 is 24.0 Å². The molecule has 0 radical (unpaired) electrons. The zero-order valence-electron chi connectivity index (χ0n) is 15.0. The molecule has 0 amide bonds. The smallest absolute Gasteiger partial charge is 0.191 e. The van der Waals surface area contributed by atoms with Crippen LogP contribution in [0.1, 0.15) is 38.4 Å². The van der Waals surface area contributed by atoms with Crippen LogP contribution in [-0.2, 0) is 0 Å². The number of likely N-dealkylation sites (tertiary alicyclic amines) is 1. The highest BCUT2D eigenvalue weighted by molar-refractivity contribution is 14.0. The van der Waals surface area contributed by atoms with E-state index in [9.17, 15) is 9.50 Å². The highest BCUT2D eigenvalue weighted by Crippen LogP contribution is 2.16. The first-order valence-electron chi connectivity index (χ1n) is 8.83. The third kappa shape index (κ3) is 7.07. The molecular formula is C18H30FIN4O. The van der Waals surface area contributed by atoms with Crippen LogP contribution in [0.5, 0.6) is 0 Å². The van der Waals surface area contributed by atoms with Gasteiger partial charge in [0.25, 0.3) is 0 Å². The van der Waals surface area contributed by atoms with Gasteiger partial charge >= 0.3 is 0 Å². The minimum atomic E-state index is -0.736. The van der Waals surface area contributed by atoms with E-state index in [1.165, 1.54) is 31.5 Å². The molecule has 1 aliphatic rings. The largest absolute Gasteiger partial charge is 0.386 e. The number of hydrogen-bond acceptors (Lipinski definition) is 3. The van der Waals surface area contributed by atoms with E-state index in [-0.39, 0.29) is 36.3 Å². The molecule has 0 bridgehead atoms. The summed E-state index contributed by atoms with van der Waals surface area (Å²) in [5, 5.41) is 16.8. The van der Waals surface area contributed by atoms with E-state index in [0.717, 1.165) is 19.6 Å². The number of aliphatic hydroxyl groups excluding tert-OH is 1. The number of aliphatic imine (C=N–C) groups is 1. The average molecular weight is 464 g/mol. The SMILES string of the molecule is CCNC(=NCC(O)c1ccc(F)cc1)NCC1CCCN1CC.I. The minimum Gasteiger partial charge on any atom is -0.386 e. The molecule has 2 atom stereocenters. The summed E-state index contributed by atoms with van der Waals surface area (Å²) >= 11 is 0. The van der Waals surface area contributed by atoms with Gasteiger partial charge < -0.3 is 15.7 Å². The zero-order chi connectivity index (χ0) is 17.4. The summed E-state index contributed by atoms with van der Waals surface area (Å²) in [6, 6.07) is 6.43. The van der Waals surface area contributed by atoms with Gasteiger partial charge in [0.2, 0.25) is 0 Å². The summed E-state index contributed by atoms with van der Waals surface area (Å²) in [5.41, 5.74) is 0.670. The number of rotatable bonds is 7. The van der Waals surface area contributed by atoms with Crippen molar-refractivity contribution in [1.82, 2.24) is 15.5 Å². The number of guanidine groups is 1. The molecular weight excluding hydrogens is 434 g/mol. The maximum absolute atomic E-state index is 12.9. The molecule has 2 rings (SSSR count). The van der Waals surface area contributed by atoms with Crippen LogP contribution in [0.15, 0.2) is 29.3 Å². The molecule has 25 heavy (non-hydrogen) atoms. The Labute approximate surface area is 167 Å². The van der Waals surface area contributed by atoms with Crippen LogP contribution in [0.4, 0.5) is 4.39 Å². The molecule has 0 aliphatic carbocycles. The monoisotopic (exact) mass is 464 g/mol. The van der Waals surface area contributed by atoms with Gasteiger partial charge in [-0.2, -0.15) is 0 Å². The van der Waals surface area contributed by atoms with Crippen molar-refractivity contribution in [3.63, 3.8) is 0 Å². The van der Waals surface area contributed by atoms with Crippen molar-refractivity contribution in [2.75, 3.05) is 32.7 Å². The number of benzene rings is 1. The Hall–Kier alpha value is -0.930. The number of halogens is 2. The first kappa shape index (κ1) is 22.1. The van der Waals surface area contributed by atoms with Crippen molar-refractivity contribution in [2.24, 2.45) is 4.99 Å². The fourth-order valence-corrected chi connectivity index (χ4v) is 3.07. The fraction of sp³-hybridized carbons (Fsp3) is 0.611. The Balaban J connectivity index is 0.00000312. The number of nitrogens with one attached hydrogen (secondary N) is 2. The quantitative estimate of drug-likeness (QED) is 0.330. The number of likely N-dealkylation sites (N-methyl/N-ethyl adjacent to an activating group) is 1. The number of nitrogens with zero attached hydrogens (tertiary/aromatic N) is 2. The molecule has 5 nitrogen and oxygen atoms in total. The first-order valence-corrected chi connectivity index (χ1v) is 8.83. The van der Waals surface area contributed by atoms with Crippen molar-refractivity contribution in [1.29, 1.82) is 0 Å². The van der Waals surface area contributed by atoms with Crippen LogP contribution in [0.2, 0.25) is 0 Å².